The van der Waals surface area contributed by atoms with Gasteiger partial charge in [-0.1, -0.05) is 83.8 Å². The van der Waals surface area contributed by atoms with Crippen LogP contribution in [0.5, 0.6) is 0 Å². The standard InChI is InChI=1S/C27H52NO8P/c1-3-5-6-7-8-9-10-11-12-13-14-15-16-17-18-19-20-27(30)36-25(23-33-26(29)4-2)24-35-37(31,32)34-22-21-28/h12-13,25H,3-11,14-24,28H2,1-2H3,(H,31,32)/b13-12-. The first-order valence-electron chi connectivity index (χ1n) is 14.2. The molecule has 0 aliphatic heterocycles. The molecule has 0 saturated carbocycles. The van der Waals surface area contributed by atoms with Crippen LogP contribution in [0, 0.1) is 0 Å². The molecule has 3 N–H and O–H groups in total. The number of esters is 2. The fraction of sp³-hybridized carbons (Fsp3) is 0.852. The van der Waals surface area contributed by atoms with E-state index in [1.54, 1.807) is 6.92 Å². The normalized spacial score (nSPS) is 13.9. The number of ether oxygens (including phenoxy) is 2. The molecule has 2 atom stereocenters. The lowest BCUT2D eigenvalue weighted by molar-refractivity contribution is -0.161. The van der Waals surface area contributed by atoms with E-state index < -0.39 is 32.5 Å². The maximum Gasteiger partial charge on any atom is 0.472 e. The SMILES string of the molecule is CCCCCCCCC/C=C\CCCCCCCC(=O)OC(COC(=O)CC)COP(=O)(O)OCCN. The Labute approximate surface area is 224 Å². The van der Waals surface area contributed by atoms with Crippen molar-refractivity contribution in [1.29, 1.82) is 0 Å². The summed E-state index contributed by atoms with van der Waals surface area (Å²) in [4.78, 5) is 33.3. The molecular formula is C27H52NO8P. The van der Waals surface area contributed by atoms with Crippen molar-refractivity contribution in [3.05, 3.63) is 12.2 Å². The second kappa shape index (κ2) is 25.1. The first kappa shape index (κ1) is 35.8. The Morgan fingerprint density at radius 3 is 1.95 bits per heavy atom. The zero-order valence-electron chi connectivity index (χ0n) is 23.2. The van der Waals surface area contributed by atoms with E-state index in [2.05, 4.69) is 23.6 Å². The Kier molecular flexibility index (Phi) is 24.2. The lowest BCUT2D eigenvalue weighted by atomic mass is 10.1. The Hall–Kier alpha value is -1.25. The van der Waals surface area contributed by atoms with Gasteiger partial charge >= 0.3 is 19.8 Å². The van der Waals surface area contributed by atoms with Crippen molar-refractivity contribution in [2.45, 2.75) is 123 Å². The van der Waals surface area contributed by atoms with Crippen molar-refractivity contribution in [2.24, 2.45) is 5.73 Å². The van der Waals surface area contributed by atoms with Crippen molar-refractivity contribution in [3.8, 4) is 0 Å². The summed E-state index contributed by atoms with van der Waals surface area (Å²) in [6, 6.07) is 0. The van der Waals surface area contributed by atoms with Gasteiger partial charge in [-0.3, -0.25) is 18.6 Å². The average Bonchev–Trinajstić information content (AvgIpc) is 2.88. The van der Waals surface area contributed by atoms with Crippen LogP contribution in [0.2, 0.25) is 0 Å². The summed E-state index contributed by atoms with van der Waals surface area (Å²) in [7, 11) is -4.33. The Morgan fingerprint density at radius 1 is 0.811 bits per heavy atom. The lowest BCUT2D eigenvalue weighted by Gasteiger charge is -2.19. The van der Waals surface area contributed by atoms with Gasteiger partial charge in [-0.15, -0.1) is 0 Å². The Morgan fingerprint density at radius 2 is 1.38 bits per heavy atom. The van der Waals surface area contributed by atoms with Crippen LogP contribution in [0.3, 0.4) is 0 Å². The van der Waals surface area contributed by atoms with Crippen LogP contribution in [-0.2, 0) is 32.7 Å². The number of phosphoric acid groups is 1. The van der Waals surface area contributed by atoms with Gasteiger partial charge in [-0.05, 0) is 32.1 Å². The highest BCUT2D eigenvalue weighted by Gasteiger charge is 2.25. The lowest BCUT2D eigenvalue weighted by Crippen LogP contribution is -2.29. The summed E-state index contributed by atoms with van der Waals surface area (Å²) in [6.45, 7) is 3.08. The number of nitrogens with two attached hydrogens (primary N) is 1. The highest BCUT2D eigenvalue weighted by atomic mass is 31.2. The quantitative estimate of drug-likeness (QED) is 0.0546. The van der Waals surface area contributed by atoms with Crippen molar-refractivity contribution >= 4 is 19.8 Å². The Bertz CT molecular complexity index is 644. The van der Waals surface area contributed by atoms with Gasteiger partial charge < -0.3 is 20.1 Å². The van der Waals surface area contributed by atoms with Gasteiger partial charge in [-0.25, -0.2) is 4.57 Å². The van der Waals surface area contributed by atoms with Gasteiger partial charge in [0.15, 0.2) is 6.10 Å². The number of carbonyl (C=O) groups excluding carboxylic acids is 2. The maximum atomic E-state index is 12.2. The summed E-state index contributed by atoms with van der Waals surface area (Å²) in [6.07, 6.45) is 20.6. The van der Waals surface area contributed by atoms with E-state index >= 15 is 0 Å². The van der Waals surface area contributed by atoms with Gasteiger partial charge in [0.1, 0.15) is 6.61 Å². The van der Waals surface area contributed by atoms with E-state index in [0.29, 0.717) is 6.42 Å². The summed E-state index contributed by atoms with van der Waals surface area (Å²) in [5, 5.41) is 0. The molecule has 0 aromatic carbocycles. The van der Waals surface area contributed by atoms with Gasteiger partial charge in [0.25, 0.3) is 0 Å². The third-order valence-electron chi connectivity index (χ3n) is 5.71. The molecule has 0 aliphatic carbocycles. The molecule has 10 heteroatoms. The molecular weight excluding hydrogens is 497 g/mol. The third kappa shape index (κ3) is 24.8. The van der Waals surface area contributed by atoms with Gasteiger partial charge in [-0.2, -0.15) is 0 Å². The number of hydrogen-bond acceptors (Lipinski definition) is 8. The minimum atomic E-state index is -4.33. The van der Waals surface area contributed by atoms with Crippen LogP contribution >= 0.6 is 7.82 Å². The van der Waals surface area contributed by atoms with Crippen molar-refractivity contribution in [2.75, 3.05) is 26.4 Å². The third-order valence-corrected chi connectivity index (χ3v) is 6.69. The van der Waals surface area contributed by atoms with Crippen molar-refractivity contribution in [3.63, 3.8) is 0 Å². The minimum absolute atomic E-state index is 0.0520. The van der Waals surface area contributed by atoms with E-state index in [4.69, 9.17) is 19.7 Å². The molecule has 2 unspecified atom stereocenters. The predicted molar refractivity (Wildman–Crippen MR) is 146 cm³/mol. The van der Waals surface area contributed by atoms with E-state index in [-0.39, 0.29) is 32.6 Å². The molecule has 0 fully saturated rings. The molecule has 0 heterocycles. The molecule has 9 nitrogen and oxygen atoms in total. The number of unbranched alkanes of at least 4 members (excludes halogenated alkanes) is 12. The smallest absolute Gasteiger partial charge is 0.462 e. The number of phosphoric ester groups is 1. The first-order valence-corrected chi connectivity index (χ1v) is 15.7. The highest BCUT2D eigenvalue weighted by Crippen LogP contribution is 2.43. The average molecular weight is 550 g/mol. The summed E-state index contributed by atoms with van der Waals surface area (Å²) in [5.41, 5.74) is 5.24. The molecule has 0 amide bonds. The molecule has 0 bridgehead atoms. The first-order chi connectivity index (χ1) is 17.8. The molecule has 0 saturated heterocycles. The molecule has 0 rings (SSSR count). The summed E-state index contributed by atoms with van der Waals surface area (Å²) >= 11 is 0. The Balaban J connectivity index is 3.97. The maximum absolute atomic E-state index is 12.2. The fourth-order valence-electron chi connectivity index (χ4n) is 3.55. The zero-order chi connectivity index (χ0) is 27.6. The van der Waals surface area contributed by atoms with Gasteiger partial charge in [0, 0.05) is 19.4 Å². The van der Waals surface area contributed by atoms with Crippen LogP contribution in [-0.4, -0.2) is 49.3 Å². The fourth-order valence-corrected chi connectivity index (χ4v) is 4.31. The van der Waals surface area contributed by atoms with E-state index in [0.717, 1.165) is 32.1 Å². The molecule has 0 aliphatic rings. The molecule has 0 radical (unpaired) electrons. The second-order valence-electron chi connectivity index (χ2n) is 9.22. The monoisotopic (exact) mass is 549 g/mol. The number of hydrogen-bond donors (Lipinski definition) is 2. The molecule has 0 aromatic heterocycles. The van der Waals surface area contributed by atoms with E-state index in [9.17, 15) is 19.0 Å². The van der Waals surface area contributed by atoms with Crippen LogP contribution in [0.4, 0.5) is 0 Å². The van der Waals surface area contributed by atoms with Crippen molar-refractivity contribution < 1.29 is 37.6 Å². The van der Waals surface area contributed by atoms with E-state index in [1.807, 2.05) is 0 Å². The predicted octanol–water partition coefficient (Wildman–Crippen LogP) is 6.37. The topological polar surface area (TPSA) is 134 Å². The van der Waals surface area contributed by atoms with Crippen molar-refractivity contribution in [1.82, 2.24) is 0 Å². The minimum Gasteiger partial charge on any atom is -0.462 e. The second-order valence-corrected chi connectivity index (χ2v) is 10.7. The number of carbonyl (C=O) groups is 2. The molecule has 37 heavy (non-hydrogen) atoms. The molecule has 0 aromatic rings. The van der Waals surface area contributed by atoms with E-state index in [1.165, 1.54) is 51.4 Å². The summed E-state index contributed by atoms with van der Waals surface area (Å²) < 4.78 is 31.6. The van der Waals surface area contributed by atoms with Crippen LogP contribution < -0.4 is 5.73 Å². The van der Waals surface area contributed by atoms with Crippen LogP contribution in [0.1, 0.15) is 117 Å². The van der Waals surface area contributed by atoms with Crippen LogP contribution in [0.25, 0.3) is 0 Å². The number of rotatable bonds is 26. The molecule has 218 valence electrons. The van der Waals surface area contributed by atoms with Gasteiger partial charge in [0.2, 0.25) is 0 Å². The highest BCUT2D eigenvalue weighted by molar-refractivity contribution is 7.47. The number of allylic oxidation sites excluding steroid dienone is 2. The largest absolute Gasteiger partial charge is 0.472 e. The molecule has 0 spiro atoms. The zero-order valence-corrected chi connectivity index (χ0v) is 24.1. The van der Waals surface area contributed by atoms with Crippen LogP contribution in [0.15, 0.2) is 12.2 Å². The van der Waals surface area contributed by atoms with Gasteiger partial charge in [0.05, 0.1) is 13.2 Å². The summed E-state index contributed by atoms with van der Waals surface area (Å²) in [5.74, 6) is -0.939.